The quantitative estimate of drug-likeness (QED) is 0.393. The fraction of sp³-hybridized carbons (Fsp3) is 0.414. The number of nitrogens with zero attached hydrogens (tertiary/aromatic N) is 3. The Kier molecular flexibility index (Phi) is 6.79. The number of carbonyl (C=O) groups excluding carboxylic acids is 1. The molecule has 2 atom stereocenters. The van der Waals surface area contributed by atoms with Crippen molar-refractivity contribution >= 4 is 28.2 Å². The summed E-state index contributed by atoms with van der Waals surface area (Å²) in [6.45, 7) is 6.44. The molecular formula is C29H30F2N4O5. The summed E-state index contributed by atoms with van der Waals surface area (Å²) >= 11 is 0. The van der Waals surface area contributed by atoms with Crippen molar-refractivity contribution in [3.05, 3.63) is 48.7 Å². The molecule has 3 fully saturated rings. The van der Waals surface area contributed by atoms with Gasteiger partial charge >= 0.3 is 0 Å². The Morgan fingerprint density at radius 1 is 1.20 bits per heavy atom. The monoisotopic (exact) mass is 552 g/mol. The second-order valence-electron chi connectivity index (χ2n) is 10.5. The van der Waals surface area contributed by atoms with E-state index in [1.54, 1.807) is 12.3 Å². The molecule has 9 nitrogen and oxygen atoms in total. The van der Waals surface area contributed by atoms with Crippen LogP contribution in [0, 0.1) is 17.6 Å². The molecule has 5 heterocycles. The summed E-state index contributed by atoms with van der Waals surface area (Å²) in [4.78, 5) is 23.3. The number of aromatic nitrogens is 2. The van der Waals surface area contributed by atoms with E-state index >= 15 is 8.78 Å². The van der Waals surface area contributed by atoms with Gasteiger partial charge in [-0.2, -0.15) is 0 Å². The number of ketones is 1. The maximum absolute atomic E-state index is 15.4. The molecule has 0 radical (unpaired) electrons. The van der Waals surface area contributed by atoms with Gasteiger partial charge in [-0.25, -0.2) is 18.7 Å². The van der Waals surface area contributed by atoms with E-state index in [-0.39, 0.29) is 46.1 Å². The minimum atomic E-state index is -0.867. The standard InChI is InChI=1S/C29H30F2N4O5/c1-4-18(36)7-17-12-39-13-21(17)33-24-9-19-16(11-32-24)8-20(34-28(19)35-14-29(15-35)5-6-40-29)25-26(30)22(37-2)10-23(38-3)27(25)31/h4,8-11,17,21H,1,5-7,12-15H2,2-3H3,(H,32,33)/t17-,21+/m0/s1. The van der Waals surface area contributed by atoms with Gasteiger partial charge in [0.05, 0.1) is 64.4 Å². The second kappa shape index (κ2) is 10.3. The lowest BCUT2D eigenvalue weighted by molar-refractivity contribution is -0.161. The highest BCUT2D eigenvalue weighted by atomic mass is 19.1. The zero-order valence-electron chi connectivity index (χ0n) is 22.3. The van der Waals surface area contributed by atoms with Gasteiger partial charge in [-0.05, 0) is 18.2 Å². The van der Waals surface area contributed by atoms with E-state index in [0.29, 0.717) is 49.7 Å². The van der Waals surface area contributed by atoms with Crippen molar-refractivity contribution in [3.63, 3.8) is 0 Å². The average Bonchev–Trinajstić information content (AvgIpc) is 3.33. The summed E-state index contributed by atoms with van der Waals surface area (Å²) in [5.74, 6) is -0.922. The van der Waals surface area contributed by atoms with E-state index in [2.05, 4.69) is 16.9 Å². The molecule has 3 saturated heterocycles. The molecule has 40 heavy (non-hydrogen) atoms. The van der Waals surface area contributed by atoms with Crippen LogP contribution in [0.3, 0.4) is 0 Å². The Morgan fingerprint density at radius 2 is 1.93 bits per heavy atom. The van der Waals surface area contributed by atoms with Gasteiger partial charge in [0.15, 0.2) is 28.9 Å². The summed E-state index contributed by atoms with van der Waals surface area (Å²) in [7, 11) is 2.62. The highest BCUT2D eigenvalue weighted by molar-refractivity contribution is 5.96. The lowest BCUT2D eigenvalue weighted by Crippen LogP contribution is -2.68. The summed E-state index contributed by atoms with van der Waals surface area (Å²) in [5, 5.41) is 4.82. The number of rotatable bonds is 9. The van der Waals surface area contributed by atoms with Gasteiger partial charge in [0, 0.05) is 41.8 Å². The minimum Gasteiger partial charge on any atom is -0.494 e. The fourth-order valence-electron chi connectivity index (χ4n) is 5.62. The van der Waals surface area contributed by atoms with Crippen LogP contribution in [0.4, 0.5) is 20.4 Å². The van der Waals surface area contributed by atoms with E-state index in [0.717, 1.165) is 18.4 Å². The third-order valence-corrected chi connectivity index (χ3v) is 7.97. The Labute approximate surface area is 230 Å². The number of ether oxygens (including phenoxy) is 4. The van der Waals surface area contributed by atoms with Crippen LogP contribution in [0.5, 0.6) is 11.5 Å². The first-order chi connectivity index (χ1) is 19.3. The molecule has 3 aliphatic rings. The molecule has 210 valence electrons. The van der Waals surface area contributed by atoms with Crippen LogP contribution >= 0.6 is 0 Å². The molecule has 0 saturated carbocycles. The number of pyridine rings is 2. The zero-order valence-corrected chi connectivity index (χ0v) is 22.3. The van der Waals surface area contributed by atoms with Gasteiger partial charge in [-0.15, -0.1) is 0 Å². The number of hydrogen-bond donors (Lipinski definition) is 1. The van der Waals surface area contributed by atoms with Crippen molar-refractivity contribution in [2.45, 2.75) is 24.5 Å². The fourth-order valence-corrected chi connectivity index (χ4v) is 5.62. The average molecular weight is 553 g/mol. The van der Waals surface area contributed by atoms with E-state index in [4.69, 9.17) is 23.9 Å². The maximum Gasteiger partial charge on any atom is 0.177 e. The van der Waals surface area contributed by atoms with Crippen LogP contribution in [-0.2, 0) is 14.3 Å². The molecule has 6 rings (SSSR count). The Hall–Kier alpha value is -3.83. The number of nitrogens with one attached hydrogen (secondary N) is 1. The molecule has 3 aromatic rings. The van der Waals surface area contributed by atoms with Crippen molar-refractivity contribution < 1.29 is 32.5 Å². The van der Waals surface area contributed by atoms with Crippen LogP contribution in [0.2, 0.25) is 0 Å². The third kappa shape index (κ3) is 4.52. The lowest BCUT2D eigenvalue weighted by Gasteiger charge is -2.55. The Morgan fingerprint density at radius 3 is 2.55 bits per heavy atom. The number of fused-ring (bicyclic) bond motifs is 1. The molecule has 11 heteroatoms. The predicted octanol–water partition coefficient (Wildman–Crippen LogP) is 4.14. The summed E-state index contributed by atoms with van der Waals surface area (Å²) < 4.78 is 52.6. The maximum atomic E-state index is 15.4. The topological polar surface area (TPSA) is 95.0 Å². The molecule has 0 aliphatic carbocycles. The van der Waals surface area contributed by atoms with Crippen molar-refractivity contribution in [2.24, 2.45) is 5.92 Å². The predicted molar refractivity (Wildman–Crippen MR) is 145 cm³/mol. The molecule has 0 bridgehead atoms. The van der Waals surface area contributed by atoms with Crippen molar-refractivity contribution in [1.82, 2.24) is 9.97 Å². The molecule has 1 N–H and O–H groups in total. The van der Waals surface area contributed by atoms with E-state index in [9.17, 15) is 4.79 Å². The number of carbonyl (C=O) groups is 1. The molecule has 1 spiro atoms. The smallest absolute Gasteiger partial charge is 0.177 e. The van der Waals surface area contributed by atoms with Gasteiger partial charge in [0.2, 0.25) is 0 Å². The highest BCUT2D eigenvalue weighted by Gasteiger charge is 2.50. The minimum absolute atomic E-state index is 0.0111. The number of halogens is 2. The SMILES string of the molecule is C=CC(=O)C[C@H]1COC[C@H]1Nc1cc2c(N3CC4(CCO4)C3)nc(-c3c(F)c(OC)cc(OC)c3F)cc2cn1. The summed E-state index contributed by atoms with van der Waals surface area (Å²) in [5.41, 5.74) is -0.436. The van der Waals surface area contributed by atoms with Gasteiger partial charge in [-0.3, -0.25) is 4.79 Å². The largest absolute Gasteiger partial charge is 0.494 e. The number of anilines is 2. The molecule has 1 aromatic carbocycles. The van der Waals surface area contributed by atoms with Gasteiger partial charge in [0.1, 0.15) is 17.2 Å². The third-order valence-electron chi connectivity index (χ3n) is 7.97. The normalized spacial score (nSPS) is 21.1. The number of methoxy groups -OCH3 is 2. The van der Waals surface area contributed by atoms with Gasteiger partial charge < -0.3 is 29.2 Å². The molecule has 2 aromatic heterocycles. The number of benzene rings is 1. The Bertz CT molecular complexity index is 1460. The van der Waals surface area contributed by atoms with Crippen LogP contribution in [0.1, 0.15) is 12.8 Å². The molecular weight excluding hydrogens is 522 g/mol. The van der Waals surface area contributed by atoms with Gasteiger partial charge in [0.25, 0.3) is 0 Å². The van der Waals surface area contributed by atoms with Crippen LogP contribution < -0.4 is 19.7 Å². The van der Waals surface area contributed by atoms with E-state index in [1.807, 2.05) is 11.0 Å². The van der Waals surface area contributed by atoms with E-state index < -0.39 is 11.6 Å². The van der Waals surface area contributed by atoms with E-state index in [1.165, 1.54) is 26.4 Å². The van der Waals surface area contributed by atoms with Crippen molar-refractivity contribution in [3.8, 4) is 22.8 Å². The van der Waals surface area contributed by atoms with Gasteiger partial charge in [-0.1, -0.05) is 6.58 Å². The molecule has 0 amide bonds. The van der Waals surface area contributed by atoms with Crippen LogP contribution in [0.15, 0.2) is 37.1 Å². The Balaban J connectivity index is 1.41. The number of allylic oxidation sites excluding steroid dienone is 1. The summed E-state index contributed by atoms with van der Waals surface area (Å²) in [6.07, 6.45) is 4.27. The first kappa shape index (κ1) is 26.4. The number of hydrogen-bond acceptors (Lipinski definition) is 9. The van der Waals surface area contributed by atoms with Crippen molar-refractivity contribution in [1.29, 1.82) is 0 Å². The first-order valence-corrected chi connectivity index (χ1v) is 13.1. The zero-order chi connectivity index (χ0) is 28.0. The van der Waals surface area contributed by atoms with Crippen molar-refractivity contribution in [2.75, 3.05) is 57.3 Å². The summed E-state index contributed by atoms with van der Waals surface area (Å²) in [6, 6.07) is 4.55. The highest BCUT2D eigenvalue weighted by Crippen LogP contribution is 2.43. The van der Waals surface area contributed by atoms with Crippen LogP contribution in [-0.4, -0.2) is 74.5 Å². The second-order valence-corrected chi connectivity index (χ2v) is 10.5. The molecule has 0 unspecified atom stereocenters. The first-order valence-electron chi connectivity index (χ1n) is 13.1. The molecule has 3 aliphatic heterocycles. The lowest BCUT2D eigenvalue weighted by atomic mass is 9.86. The van der Waals surface area contributed by atoms with Crippen LogP contribution in [0.25, 0.3) is 22.0 Å².